The van der Waals surface area contributed by atoms with Crippen LogP contribution in [0, 0.1) is 20.8 Å². The smallest absolute Gasteiger partial charge is 0.225 e. The lowest BCUT2D eigenvalue weighted by Gasteiger charge is -2.04. The minimum Gasteiger partial charge on any atom is -0.444 e. The average molecular weight is 309 g/mol. The molecule has 0 unspecified atom stereocenters. The number of thiophene rings is 1. The van der Waals surface area contributed by atoms with Gasteiger partial charge < -0.3 is 9.73 Å². The van der Waals surface area contributed by atoms with Gasteiger partial charge in [-0.25, -0.2) is 15.0 Å². The van der Waals surface area contributed by atoms with Crippen LogP contribution < -0.4 is 5.32 Å². The SMILES string of the molecule is Cc1cc2c(NCc3nc(C)c(C)o3)nc(Cl)nc2s1. The van der Waals surface area contributed by atoms with Gasteiger partial charge in [0, 0.05) is 4.88 Å². The second-order valence-corrected chi connectivity index (χ2v) is 6.09. The maximum absolute atomic E-state index is 5.95. The van der Waals surface area contributed by atoms with Crippen molar-refractivity contribution in [3.05, 3.63) is 33.6 Å². The molecule has 3 aromatic heterocycles. The molecule has 1 N–H and O–H groups in total. The molecule has 0 aliphatic heterocycles. The van der Waals surface area contributed by atoms with Gasteiger partial charge in [-0.15, -0.1) is 11.3 Å². The lowest BCUT2D eigenvalue weighted by atomic mass is 10.3. The second-order valence-electron chi connectivity index (χ2n) is 4.52. The van der Waals surface area contributed by atoms with Crippen LogP contribution in [-0.4, -0.2) is 15.0 Å². The van der Waals surface area contributed by atoms with Crippen LogP contribution in [0.2, 0.25) is 5.28 Å². The molecule has 5 nitrogen and oxygen atoms in total. The maximum atomic E-state index is 5.95. The standard InChI is InChI=1S/C13H13ClN4OS/c1-6-4-9-11(17-13(14)18-12(9)20-6)15-5-10-16-7(2)8(3)19-10/h4H,5H2,1-3H3,(H,15,17,18). The molecule has 3 rings (SSSR count). The van der Waals surface area contributed by atoms with Gasteiger partial charge >= 0.3 is 0 Å². The molecule has 3 aromatic rings. The van der Waals surface area contributed by atoms with E-state index in [9.17, 15) is 0 Å². The van der Waals surface area contributed by atoms with Gasteiger partial charge in [-0.05, 0) is 38.4 Å². The summed E-state index contributed by atoms with van der Waals surface area (Å²) in [4.78, 5) is 14.8. The summed E-state index contributed by atoms with van der Waals surface area (Å²) in [7, 11) is 0. The molecule has 0 fully saturated rings. The van der Waals surface area contributed by atoms with E-state index in [0.29, 0.717) is 18.3 Å². The quantitative estimate of drug-likeness (QED) is 0.744. The largest absolute Gasteiger partial charge is 0.444 e. The van der Waals surface area contributed by atoms with Crippen LogP contribution in [-0.2, 0) is 6.54 Å². The van der Waals surface area contributed by atoms with Crippen molar-refractivity contribution in [3.63, 3.8) is 0 Å². The van der Waals surface area contributed by atoms with Crippen LogP contribution in [0.5, 0.6) is 0 Å². The Morgan fingerprint density at radius 3 is 2.75 bits per heavy atom. The van der Waals surface area contributed by atoms with Gasteiger partial charge in [-0.3, -0.25) is 0 Å². The molecular formula is C13H13ClN4OS. The van der Waals surface area contributed by atoms with E-state index < -0.39 is 0 Å². The predicted molar refractivity (Wildman–Crippen MR) is 80.5 cm³/mol. The lowest BCUT2D eigenvalue weighted by Crippen LogP contribution is -2.02. The minimum atomic E-state index is 0.238. The fourth-order valence-electron chi connectivity index (χ4n) is 1.92. The van der Waals surface area contributed by atoms with E-state index in [-0.39, 0.29) is 5.28 Å². The molecule has 0 spiro atoms. The Morgan fingerprint density at radius 1 is 1.25 bits per heavy atom. The van der Waals surface area contributed by atoms with Gasteiger partial charge in [0.25, 0.3) is 0 Å². The summed E-state index contributed by atoms with van der Waals surface area (Å²) in [6, 6.07) is 2.05. The highest BCUT2D eigenvalue weighted by Gasteiger charge is 2.11. The first kappa shape index (κ1) is 13.3. The number of aryl methyl sites for hydroxylation is 3. The van der Waals surface area contributed by atoms with Gasteiger partial charge in [0.2, 0.25) is 11.2 Å². The highest BCUT2D eigenvalue weighted by atomic mass is 35.5. The Balaban J connectivity index is 1.90. The zero-order valence-corrected chi connectivity index (χ0v) is 12.9. The number of nitrogens with one attached hydrogen (secondary N) is 1. The van der Waals surface area contributed by atoms with Crippen molar-refractivity contribution in [1.82, 2.24) is 15.0 Å². The summed E-state index contributed by atoms with van der Waals surface area (Å²) in [5.41, 5.74) is 0.902. The Morgan fingerprint density at radius 2 is 2.05 bits per heavy atom. The maximum Gasteiger partial charge on any atom is 0.225 e. The highest BCUT2D eigenvalue weighted by molar-refractivity contribution is 7.18. The minimum absolute atomic E-state index is 0.238. The third kappa shape index (κ3) is 2.48. The molecule has 20 heavy (non-hydrogen) atoms. The van der Waals surface area contributed by atoms with Crippen LogP contribution >= 0.6 is 22.9 Å². The molecule has 0 saturated heterocycles. The van der Waals surface area contributed by atoms with Crippen LogP contribution in [0.25, 0.3) is 10.2 Å². The number of hydrogen-bond donors (Lipinski definition) is 1. The number of halogens is 1. The average Bonchev–Trinajstić information content (AvgIpc) is 2.89. The zero-order chi connectivity index (χ0) is 14.3. The first-order valence-corrected chi connectivity index (χ1v) is 7.33. The van der Waals surface area contributed by atoms with E-state index in [4.69, 9.17) is 16.0 Å². The van der Waals surface area contributed by atoms with Gasteiger partial charge in [0.1, 0.15) is 16.4 Å². The zero-order valence-electron chi connectivity index (χ0n) is 11.3. The van der Waals surface area contributed by atoms with E-state index >= 15 is 0 Å². The van der Waals surface area contributed by atoms with Crippen molar-refractivity contribution in [2.75, 3.05) is 5.32 Å². The van der Waals surface area contributed by atoms with E-state index in [1.807, 2.05) is 26.8 Å². The molecule has 3 heterocycles. The summed E-state index contributed by atoms with van der Waals surface area (Å²) in [5, 5.41) is 4.42. The summed E-state index contributed by atoms with van der Waals surface area (Å²) >= 11 is 7.54. The third-order valence-electron chi connectivity index (χ3n) is 2.97. The van der Waals surface area contributed by atoms with Crippen molar-refractivity contribution in [1.29, 1.82) is 0 Å². The fraction of sp³-hybridized carbons (Fsp3) is 0.308. The number of hydrogen-bond acceptors (Lipinski definition) is 6. The van der Waals surface area contributed by atoms with Crippen LogP contribution in [0.15, 0.2) is 10.5 Å². The van der Waals surface area contributed by atoms with Crippen molar-refractivity contribution in [2.24, 2.45) is 0 Å². The molecule has 0 amide bonds. The molecule has 0 bridgehead atoms. The summed E-state index contributed by atoms with van der Waals surface area (Å²) in [5.74, 6) is 2.17. The molecule has 0 aromatic carbocycles. The van der Waals surface area contributed by atoms with Crippen LogP contribution in [0.4, 0.5) is 5.82 Å². The van der Waals surface area contributed by atoms with E-state index in [0.717, 1.165) is 21.7 Å². The van der Waals surface area contributed by atoms with Crippen molar-refractivity contribution in [2.45, 2.75) is 27.3 Å². The summed E-state index contributed by atoms with van der Waals surface area (Å²) in [6.07, 6.45) is 0. The molecular weight excluding hydrogens is 296 g/mol. The first-order chi connectivity index (χ1) is 9.52. The van der Waals surface area contributed by atoms with Crippen molar-refractivity contribution < 1.29 is 4.42 Å². The van der Waals surface area contributed by atoms with E-state index in [1.54, 1.807) is 11.3 Å². The Labute approximate surface area is 125 Å². The molecule has 0 atom stereocenters. The van der Waals surface area contributed by atoms with Gasteiger partial charge in [-0.2, -0.15) is 0 Å². The molecule has 7 heteroatoms. The monoisotopic (exact) mass is 308 g/mol. The van der Waals surface area contributed by atoms with Crippen molar-refractivity contribution in [3.8, 4) is 0 Å². The number of nitrogens with zero attached hydrogens (tertiary/aromatic N) is 3. The molecule has 104 valence electrons. The molecule has 0 radical (unpaired) electrons. The Hall–Kier alpha value is -1.66. The normalized spacial score (nSPS) is 11.2. The topological polar surface area (TPSA) is 63.8 Å². The number of rotatable bonds is 3. The second kappa shape index (κ2) is 5.03. The third-order valence-corrected chi connectivity index (χ3v) is 4.08. The first-order valence-electron chi connectivity index (χ1n) is 6.13. The fourth-order valence-corrected chi connectivity index (χ4v) is 3.02. The number of oxazole rings is 1. The summed E-state index contributed by atoms with van der Waals surface area (Å²) in [6.45, 7) is 6.31. The number of aromatic nitrogens is 3. The predicted octanol–water partition coefficient (Wildman–Crippen LogP) is 3.87. The highest BCUT2D eigenvalue weighted by Crippen LogP contribution is 2.29. The van der Waals surface area contributed by atoms with Crippen LogP contribution in [0.3, 0.4) is 0 Å². The van der Waals surface area contributed by atoms with Gasteiger partial charge in [0.15, 0.2) is 0 Å². The molecule has 0 saturated carbocycles. The van der Waals surface area contributed by atoms with Crippen LogP contribution in [0.1, 0.15) is 22.2 Å². The lowest BCUT2D eigenvalue weighted by molar-refractivity contribution is 0.478. The number of fused-ring (bicyclic) bond motifs is 1. The summed E-state index contributed by atoms with van der Waals surface area (Å²) < 4.78 is 5.54. The van der Waals surface area contributed by atoms with E-state index in [2.05, 4.69) is 20.3 Å². The Kier molecular flexibility index (Phi) is 3.35. The Bertz CT molecular complexity index is 761. The number of anilines is 1. The molecule has 0 aliphatic rings. The van der Waals surface area contributed by atoms with Gasteiger partial charge in [-0.1, -0.05) is 0 Å². The molecule has 0 aliphatic carbocycles. The van der Waals surface area contributed by atoms with E-state index in [1.165, 1.54) is 4.88 Å². The van der Waals surface area contributed by atoms with Gasteiger partial charge in [0.05, 0.1) is 17.6 Å². The van der Waals surface area contributed by atoms with Crippen molar-refractivity contribution >= 4 is 39.0 Å².